The Morgan fingerprint density at radius 1 is 1.08 bits per heavy atom. The summed E-state index contributed by atoms with van der Waals surface area (Å²) in [4.78, 5) is 11.7. The van der Waals surface area contributed by atoms with Crippen molar-refractivity contribution in [3.05, 3.63) is 60.2 Å². The smallest absolute Gasteiger partial charge is 0.340 e. The van der Waals surface area contributed by atoms with E-state index in [2.05, 4.69) is 12.1 Å². The summed E-state index contributed by atoms with van der Waals surface area (Å²) in [5.41, 5.74) is 1.42. The van der Waals surface area contributed by atoms with Crippen LogP contribution >= 0.6 is 0 Å². The summed E-state index contributed by atoms with van der Waals surface area (Å²) < 4.78 is 4.80. The van der Waals surface area contributed by atoms with Gasteiger partial charge in [-0.2, -0.15) is 0 Å². The summed E-state index contributed by atoms with van der Waals surface area (Å²) in [5.74, 6) is -0.795. The van der Waals surface area contributed by atoms with Crippen LogP contribution in [-0.2, 0) is 16.0 Å². The lowest BCUT2D eigenvalue weighted by Crippen LogP contribution is -2.48. The van der Waals surface area contributed by atoms with Crippen molar-refractivity contribution < 1.29 is 19.7 Å². The molecule has 0 saturated heterocycles. The molecule has 0 aliphatic rings. The highest BCUT2D eigenvalue weighted by Crippen LogP contribution is 2.21. The Bertz CT molecular complexity index is 647. The van der Waals surface area contributed by atoms with E-state index >= 15 is 0 Å². The quantitative estimate of drug-likeness (QED) is 0.767. The van der Waals surface area contributed by atoms with Gasteiger partial charge in [0.05, 0.1) is 12.7 Å². The maximum atomic E-state index is 11.7. The molecule has 0 radical (unpaired) electrons. The maximum Gasteiger partial charge on any atom is 0.340 e. The zero-order valence-corrected chi connectivity index (χ0v) is 14.1. The van der Waals surface area contributed by atoms with Crippen molar-refractivity contribution in [3.63, 3.8) is 0 Å². The van der Waals surface area contributed by atoms with Crippen molar-refractivity contribution in [2.45, 2.75) is 38.4 Å². The van der Waals surface area contributed by atoms with Gasteiger partial charge in [-0.15, -0.1) is 0 Å². The normalized spacial score (nSPS) is 14.7. The second kappa shape index (κ2) is 8.08. The van der Waals surface area contributed by atoms with Crippen LogP contribution in [0.25, 0.3) is 11.1 Å². The predicted octanol–water partition coefficient (Wildman–Crippen LogP) is 2.96. The lowest BCUT2D eigenvalue weighted by atomic mass is 9.93. The van der Waals surface area contributed by atoms with Gasteiger partial charge in [-0.05, 0) is 43.4 Å². The Balaban J connectivity index is 1.96. The minimum Gasteiger partial charge on any atom is -0.464 e. The number of carbonyl (C=O) groups is 1. The number of esters is 1. The molecule has 4 nitrogen and oxygen atoms in total. The standard InChI is InChI=1S/C20H24O4/c1-3-24-19(22)20(2,23)18(21)14-11-15-9-12-17(13-10-15)16-7-5-4-6-8-16/h4-10,12-13,18,21,23H,3,11,14H2,1-2H3. The molecule has 24 heavy (non-hydrogen) atoms. The van der Waals surface area contributed by atoms with Crippen molar-refractivity contribution >= 4 is 5.97 Å². The van der Waals surface area contributed by atoms with Gasteiger partial charge < -0.3 is 14.9 Å². The van der Waals surface area contributed by atoms with Gasteiger partial charge in [0.25, 0.3) is 0 Å². The molecule has 0 amide bonds. The third-order valence-corrected chi connectivity index (χ3v) is 4.11. The zero-order chi connectivity index (χ0) is 17.6. The van der Waals surface area contributed by atoms with Crippen molar-refractivity contribution in [1.82, 2.24) is 0 Å². The van der Waals surface area contributed by atoms with E-state index in [0.717, 1.165) is 16.7 Å². The molecule has 0 heterocycles. The first-order valence-electron chi connectivity index (χ1n) is 8.17. The van der Waals surface area contributed by atoms with Gasteiger partial charge in [-0.1, -0.05) is 54.6 Å². The number of benzene rings is 2. The van der Waals surface area contributed by atoms with Crippen LogP contribution in [0.5, 0.6) is 0 Å². The Labute approximate surface area is 142 Å². The van der Waals surface area contributed by atoms with E-state index < -0.39 is 17.7 Å². The van der Waals surface area contributed by atoms with E-state index in [1.54, 1.807) is 6.92 Å². The molecule has 2 N–H and O–H groups in total. The first-order valence-corrected chi connectivity index (χ1v) is 8.17. The summed E-state index contributed by atoms with van der Waals surface area (Å²) in [7, 11) is 0. The molecule has 2 unspecified atom stereocenters. The lowest BCUT2D eigenvalue weighted by molar-refractivity contribution is -0.175. The largest absolute Gasteiger partial charge is 0.464 e. The van der Waals surface area contributed by atoms with E-state index in [4.69, 9.17) is 4.74 Å². The molecule has 0 aliphatic carbocycles. The first-order chi connectivity index (χ1) is 11.4. The average molecular weight is 328 g/mol. The van der Waals surface area contributed by atoms with Crippen LogP contribution < -0.4 is 0 Å². The highest BCUT2D eigenvalue weighted by Gasteiger charge is 2.39. The molecule has 4 heteroatoms. The molecule has 2 atom stereocenters. The highest BCUT2D eigenvalue weighted by atomic mass is 16.6. The van der Waals surface area contributed by atoms with Crippen LogP contribution in [-0.4, -0.2) is 34.5 Å². The minimum absolute atomic E-state index is 0.169. The third-order valence-electron chi connectivity index (χ3n) is 4.11. The fraction of sp³-hybridized carbons (Fsp3) is 0.350. The van der Waals surface area contributed by atoms with Gasteiger partial charge >= 0.3 is 5.97 Å². The monoisotopic (exact) mass is 328 g/mol. The van der Waals surface area contributed by atoms with E-state index in [-0.39, 0.29) is 13.0 Å². The van der Waals surface area contributed by atoms with E-state index in [1.807, 2.05) is 42.5 Å². The van der Waals surface area contributed by atoms with Gasteiger partial charge in [0.15, 0.2) is 5.60 Å². The molecule has 0 aliphatic heterocycles. The minimum atomic E-state index is -1.89. The van der Waals surface area contributed by atoms with E-state index in [0.29, 0.717) is 6.42 Å². The molecule has 0 saturated carbocycles. The second-order valence-corrected chi connectivity index (χ2v) is 5.99. The summed E-state index contributed by atoms with van der Waals surface area (Å²) in [6.07, 6.45) is -0.340. The van der Waals surface area contributed by atoms with Crippen molar-refractivity contribution in [2.24, 2.45) is 0 Å². The van der Waals surface area contributed by atoms with Crippen LogP contribution in [0.15, 0.2) is 54.6 Å². The molecule has 2 rings (SSSR count). The number of hydrogen-bond acceptors (Lipinski definition) is 4. The highest BCUT2D eigenvalue weighted by molar-refractivity contribution is 5.79. The molecule has 2 aromatic rings. The van der Waals surface area contributed by atoms with E-state index in [9.17, 15) is 15.0 Å². The fourth-order valence-corrected chi connectivity index (χ4v) is 2.49. The van der Waals surface area contributed by atoms with Gasteiger partial charge in [0, 0.05) is 0 Å². The zero-order valence-electron chi connectivity index (χ0n) is 14.1. The number of rotatable bonds is 7. The van der Waals surface area contributed by atoms with Gasteiger partial charge in [0.1, 0.15) is 0 Å². The number of carbonyl (C=O) groups excluding carboxylic acids is 1. The van der Waals surface area contributed by atoms with Crippen LogP contribution in [0.4, 0.5) is 0 Å². The number of hydrogen-bond donors (Lipinski definition) is 2. The molecule has 2 aromatic carbocycles. The molecule has 0 aromatic heterocycles. The Hall–Kier alpha value is -2.17. The SMILES string of the molecule is CCOC(=O)C(C)(O)C(O)CCc1ccc(-c2ccccc2)cc1. The molecule has 0 fully saturated rings. The molecule has 128 valence electrons. The van der Waals surface area contributed by atoms with Gasteiger partial charge in [-0.25, -0.2) is 4.79 Å². The van der Waals surface area contributed by atoms with Crippen LogP contribution in [0, 0.1) is 0 Å². The second-order valence-electron chi connectivity index (χ2n) is 5.99. The van der Waals surface area contributed by atoms with Crippen LogP contribution in [0.2, 0.25) is 0 Å². The molecule has 0 bridgehead atoms. The number of aliphatic hydroxyl groups is 2. The Morgan fingerprint density at radius 2 is 1.67 bits per heavy atom. The maximum absolute atomic E-state index is 11.7. The topological polar surface area (TPSA) is 66.8 Å². The van der Waals surface area contributed by atoms with E-state index in [1.165, 1.54) is 6.92 Å². The van der Waals surface area contributed by atoms with Crippen LogP contribution in [0.1, 0.15) is 25.8 Å². The fourth-order valence-electron chi connectivity index (χ4n) is 2.49. The van der Waals surface area contributed by atoms with Gasteiger partial charge in [-0.3, -0.25) is 0 Å². The lowest BCUT2D eigenvalue weighted by Gasteiger charge is -2.26. The number of aryl methyl sites for hydroxylation is 1. The van der Waals surface area contributed by atoms with Crippen LogP contribution in [0.3, 0.4) is 0 Å². The van der Waals surface area contributed by atoms with Crippen molar-refractivity contribution in [3.8, 4) is 11.1 Å². The summed E-state index contributed by atoms with van der Waals surface area (Å²) >= 11 is 0. The number of aliphatic hydroxyl groups excluding tert-OH is 1. The first kappa shape index (κ1) is 18.2. The Morgan fingerprint density at radius 3 is 2.25 bits per heavy atom. The number of ether oxygens (including phenoxy) is 1. The summed E-state index contributed by atoms with van der Waals surface area (Å²) in [5, 5.41) is 20.2. The summed E-state index contributed by atoms with van der Waals surface area (Å²) in [6.45, 7) is 3.12. The Kier molecular flexibility index (Phi) is 6.12. The average Bonchev–Trinajstić information content (AvgIpc) is 2.61. The molecule has 0 spiro atoms. The summed E-state index contributed by atoms with van der Waals surface area (Å²) in [6, 6.07) is 18.1. The van der Waals surface area contributed by atoms with Crippen molar-refractivity contribution in [1.29, 1.82) is 0 Å². The van der Waals surface area contributed by atoms with Crippen molar-refractivity contribution in [2.75, 3.05) is 6.61 Å². The van der Waals surface area contributed by atoms with Gasteiger partial charge in [0.2, 0.25) is 0 Å². The predicted molar refractivity (Wildman–Crippen MR) is 93.5 cm³/mol. The third kappa shape index (κ3) is 4.43. The molecular weight excluding hydrogens is 304 g/mol. The molecular formula is C20H24O4.